The number of aromatic nitrogens is 2. The summed E-state index contributed by atoms with van der Waals surface area (Å²) in [6.45, 7) is 6.54. The van der Waals surface area contributed by atoms with E-state index in [4.69, 9.17) is 4.74 Å². The third kappa shape index (κ3) is 3.96. The van der Waals surface area contributed by atoms with Crippen molar-refractivity contribution in [1.29, 1.82) is 0 Å². The number of hydrogen-bond donors (Lipinski definition) is 2. The van der Waals surface area contributed by atoms with Crippen molar-refractivity contribution in [2.24, 2.45) is 0 Å². The molecule has 19 heavy (non-hydrogen) atoms. The maximum Gasteiger partial charge on any atom is 0.409 e. The van der Waals surface area contributed by atoms with E-state index in [2.05, 4.69) is 15.3 Å². The van der Waals surface area contributed by atoms with Crippen LogP contribution in [-0.4, -0.2) is 46.7 Å². The highest BCUT2D eigenvalue weighted by atomic mass is 16.6. The van der Waals surface area contributed by atoms with Gasteiger partial charge < -0.3 is 19.9 Å². The van der Waals surface area contributed by atoms with E-state index in [0.29, 0.717) is 12.6 Å². The lowest BCUT2D eigenvalue weighted by atomic mass is 10.1. The van der Waals surface area contributed by atoms with E-state index >= 15 is 0 Å². The van der Waals surface area contributed by atoms with Gasteiger partial charge in [-0.3, -0.25) is 0 Å². The number of carbonyl (C=O) groups is 1. The number of aryl methyl sites for hydroxylation is 1. The summed E-state index contributed by atoms with van der Waals surface area (Å²) in [6.07, 6.45) is 3.60. The molecule has 0 spiro atoms. The SMILES string of the molecule is CCOC(=O)N1CCC(NCc2cnc(C)[nH]2)CC1. The first-order valence-corrected chi connectivity index (χ1v) is 6.84. The van der Waals surface area contributed by atoms with Gasteiger partial charge in [0.15, 0.2) is 0 Å². The Morgan fingerprint density at radius 3 is 2.89 bits per heavy atom. The van der Waals surface area contributed by atoms with Crippen LogP contribution in [0.15, 0.2) is 6.20 Å². The molecule has 1 fully saturated rings. The van der Waals surface area contributed by atoms with Crippen molar-refractivity contribution in [1.82, 2.24) is 20.2 Å². The summed E-state index contributed by atoms with van der Waals surface area (Å²) in [5.41, 5.74) is 1.10. The van der Waals surface area contributed by atoms with Crippen molar-refractivity contribution in [3.63, 3.8) is 0 Å². The lowest BCUT2D eigenvalue weighted by Crippen LogP contribution is -2.44. The lowest BCUT2D eigenvalue weighted by molar-refractivity contribution is 0.0950. The molecular weight excluding hydrogens is 244 g/mol. The number of ether oxygens (including phenoxy) is 1. The van der Waals surface area contributed by atoms with Crippen molar-refractivity contribution in [3.8, 4) is 0 Å². The molecule has 0 aromatic carbocycles. The molecule has 106 valence electrons. The molecular formula is C13H22N4O2. The molecule has 1 aromatic heterocycles. The fourth-order valence-corrected chi connectivity index (χ4v) is 2.30. The molecule has 2 rings (SSSR count). The molecule has 0 atom stereocenters. The van der Waals surface area contributed by atoms with Gasteiger partial charge in [-0.25, -0.2) is 9.78 Å². The number of nitrogens with one attached hydrogen (secondary N) is 2. The van der Waals surface area contributed by atoms with E-state index in [1.165, 1.54) is 0 Å². The highest BCUT2D eigenvalue weighted by Crippen LogP contribution is 2.12. The predicted molar refractivity (Wildman–Crippen MR) is 71.8 cm³/mol. The maximum absolute atomic E-state index is 11.6. The van der Waals surface area contributed by atoms with Crippen molar-refractivity contribution in [3.05, 3.63) is 17.7 Å². The number of rotatable bonds is 4. The fraction of sp³-hybridized carbons (Fsp3) is 0.692. The summed E-state index contributed by atoms with van der Waals surface area (Å²) in [6, 6.07) is 0.453. The van der Waals surface area contributed by atoms with Gasteiger partial charge in [0.05, 0.1) is 6.61 Å². The predicted octanol–water partition coefficient (Wildman–Crippen LogP) is 1.43. The van der Waals surface area contributed by atoms with E-state index in [-0.39, 0.29) is 6.09 Å². The molecule has 0 saturated carbocycles. The Balaban J connectivity index is 1.70. The molecule has 2 N–H and O–H groups in total. The second-order valence-corrected chi connectivity index (χ2v) is 4.83. The number of hydrogen-bond acceptors (Lipinski definition) is 4. The van der Waals surface area contributed by atoms with Gasteiger partial charge in [-0.2, -0.15) is 0 Å². The number of piperidine rings is 1. The molecule has 1 aliphatic heterocycles. The number of amides is 1. The Kier molecular flexibility index (Phi) is 4.79. The molecule has 1 saturated heterocycles. The molecule has 6 heteroatoms. The van der Waals surface area contributed by atoms with Crippen molar-refractivity contribution in [2.75, 3.05) is 19.7 Å². The molecule has 0 aliphatic carbocycles. The second kappa shape index (κ2) is 6.56. The fourth-order valence-electron chi connectivity index (χ4n) is 2.30. The van der Waals surface area contributed by atoms with E-state index in [9.17, 15) is 4.79 Å². The van der Waals surface area contributed by atoms with Gasteiger partial charge in [-0.05, 0) is 26.7 Å². The molecule has 1 amide bonds. The second-order valence-electron chi connectivity index (χ2n) is 4.83. The topological polar surface area (TPSA) is 70.2 Å². The van der Waals surface area contributed by atoms with E-state index in [1.807, 2.05) is 20.0 Å². The number of imidazole rings is 1. The van der Waals surface area contributed by atoms with E-state index < -0.39 is 0 Å². The summed E-state index contributed by atoms with van der Waals surface area (Å²) in [5, 5.41) is 3.49. The van der Waals surface area contributed by atoms with Crippen LogP contribution in [0.1, 0.15) is 31.3 Å². The zero-order valence-corrected chi connectivity index (χ0v) is 11.6. The molecule has 0 bridgehead atoms. The number of nitrogens with zero attached hydrogens (tertiary/aromatic N) is 2. The van der Waals surface area contributed by atoms with Crippen LogP contribution >= 0.6 is 0 Å². The van der Waals surface area contributed by atoms with Crippen molar-refractivity contribution in [2.45, 2.75) is 39.3 Å². The Morgan fingerprint density at radius 2 is 2.32 bits per heavy atom. The average molecular weight is 266 g/mol. The Morgan fingerprint density at radius 1 is 1.58 bits per heavy atom. The summed E-state index contributed by atoms with van der Waals surface area (Å²) in [5.74, 6) is 0.939. The summed E-state index contributed by atoms with van der Waals surface area (Å²) in [4.78, 5) is 20.7. The first-order valence-electron chi connectivity index (χ1n) is 6.84. The van der Waals surface area contributed by atoms with Gasteiger partial charge >= 0.3 is 6.09 Å². The smallest absolute Gasteiger partial charge is 0.409 e. The first-order chi connectivity index (χ1) is 9.19. The highest BCUT2D eigenvalue weighted by molar-refractivity contribution is 5.67. The van der Waals surface area contributed by atoms with Gasteiger partial charge in [0, 0.05) is 37.6 Å². The van der Waals surface area contributed by atoms with Crippen LogP contribution < -0.4 is 5.32 Å². The standard InChI is InChI=1S/C13H22N4O2/c1-3-19-13(18)17-6-4-11(5-7-17)15-9-12-8-14-10(2)16-12/h8,11,15H,3-7,9H2,1-2H3,(H,14,16). The number of likely N-dealkylation sites (tertiary alicyclic amines) is 1. The first kappa shape index (κ1) is 13.9. The zero-order valence-electron chi connectivity index (χ0n) is 11.6. The quantitative estimate of drug-likeness (QED) is 0.865. The number of carbonyl (C=O) groups excluding carboxylic acids is 1. The molecule has 0 radical (unpaired) electrons. The molecule has 2 heterocycles. The minimum absolute atomic E-state index is 0.190. The van der Waals surface area contributed by atoms with Crippen LogP contribution in [0, 0.1) is 6.92 Å². The summed E-state index contributed by atoms with van der Waals surface area (Å²) < 4.78 is 5.00. The largest absolute Gasteiger partial charge is 0.450 e. The summed E-state index contributed by atoms with van der Waals surface area (Å²) >= 11 is 0. The Labute approximate surface area is 113 Å². The van der Waals surface area contributed by atoms with Gasteiger partial charge in [0.2, 0.25) is 0 Å². The third-order valence-electron chi connectivity index (χ3n) is 3.36. The van der Waals surface area contributed by atoms with Crippen LogP contribution in [0.2, 0.25) is 0 Å². The zero-order chi connectivity index (χ0) is 13.7. The van der Waals surface area contributed by atoms with Crippen molar-refractivity contribution >= 4 is 6.09 Å². The average Bonchev–Trinajstić information content (AvgIpc) is 2.83. The van der Waals surface area contributed by atoms with E-state index in [0.717, 1.165) is 44.0 Å². The molecule has 0 unspecified atom stereocenters. The van der Waals surface area contributed by atoms with Gasteiger partial charge in [0.25, 0.3) is 0 Å². The van der Waals surface area contributed by atoms with E-state index in [1.54, 1.807) is 4.90 Å². The normalized spacial score (nSPS) is 16.6. The minimum atomic E-state index is -0.190. The summed E-state index contributed by atoms with van der Waals surface area (Å²) in [7, 11) is 0. The molecule has 1 aromatic rings. The van der Waals surface area contributed by atoms with Crippen LogP contribution in [0.25, 0.3) is 0 Å². The van der Waals surface area contributed by atoms with Gasteiger partial charge in [-0.15, -0.1) is 0 Å². The van der Waals surface area contributed by atoms with Crippen LogP contribution in [-0.2, 0) is 11.3 Å². The Bertz CT molecular complexity index is 411. The number of aromatic amines is 1. The van der Waals surface area contributed by atoms with Crippen LogP contribution in [0.4, 0.5) is 4.79 Å². The van der Waals surface area contributed by atoms with Crippen LogP contribution in [0.5, 0.6) is 0 Å². The van der Waals surface area contributed by atoms with Gasteiger partial charge in [-0.1, -0.05) is 0 Å². The molecule has 6 nitrogen and oxygen atoms in total. The minimum Gasteiger partial charge on any atom is -0.450 e. The van der Waals surface area contributed by atoms with Crippen LogP contribution in [0.3, 0.4) is 0 Å². The third-order valence-corrected chi connectivity index (χ3v) is 3.36. The lowest BCUT2D eigenvalue weighted by Gasteiger charge is -2.31. The van der Waals surface area contributed by atoms with Crippen molar-refractivity contribution < 1.29 is 9.53 Å². The number of H-pyrrole nitrogens is 1. The molecule has 1 aliphatic rings. The van der Waals surface area contributed by atoms with Gasteiger partial charge in [0.1, 0.15) is 5.82 Å². The Hall–Kier alpha value is -1.56. The maximum atomic E-state index is 11.6. The highest BCUT2D eigenvalue weighted by Gasteiger charge is 2.23. The monoisotopic (exact) mass is 266 g/mol.